The van der Waals surface area contributed by atoms with E-state index in [-0.39, 0.29) is 5.78 Å². The molecule has 0 amide bonds. The summed E-state index contributed by atoms with van der Waals surface area (Å²) in [7, 11) is 0. The van der Waals surface area contributed by atoms with Crippen molar-refractivity contribution < 1.29 is 9.53 Å². The van der Waals surface area contributed by atoms with Crippen LogP contribution in [0, 0.1) is 0 Å². The van der Waals surface area contributed by atoms with E-state index < -0.39 is 0 Å². The summed E-state index contributed by atoms with van der Waals surface area (Å²) >= 11 is 0. The second kappa shape index (κ2) is 3.47. The number of nitrogens with zero attached hydrogens (tertiary/aromatic N) is 1. The third-order valence-electron chi connectivity index (χ3n) is 2.08. The molecule has 3 nitrogen and oxygen atoms in total. The fourth-order valence-electron chi connectivity index (χ4n) is 1.41. The molecule has 2 aliphatic rings. The lowest BCUT2D eigenvalue weighted by molar-refractivity contribution is -0.114. The van der Waals surface area contributed by atoms with Gasteiger partial charge in [-0.2, -0.15) is 0 Å². The molecule has 13 heavy (non-hydrogen) atoms. The van der Waals surface area contributed by atoms with E-state index in [2.05, 4.69) is 0 Å². The summed E-state index contributed by atoms with van der Waals surface area (Å²) in [6, 6.07) is 0. The molecule has 0 saturated carbocycles. The molecule has 0 radical (unpaired) electrons. The van der Waals surface area contributed by atoms with Gasteiger partial charge >= 0.3 is 0 Å². The number of ether oxygens (including phenoxy) is 1. The van der Waals surface area contributed by atoms with Crippen LogP contribution in [0.25, 0.3) is 0 Å². The van der Waals surface area contributed by atoms with Gasteiger partial charge in [0.25, 0.3) is 0 Å². The highest BCUT2D eigenvalue weighted by Crippen LogP contribution is 2.16. The zero-order chi connectivity index (χ0) is 9.10. The van der Waals surface area contributed by atoms with Crippen LogP contribution < -0.4 is 0 Å². The Morgan fingerprint density at radius 3 is 3.31 bits per heavy atom. The zero-order valence-corrected chi connectivity index (χ0v) is 7.27. The van der Waals surface area contributed by atoms with Crippen molar-refractivity contribution in [1.82, 2.24) is 4.90 Å². The number of hydrogen-bond acceptors (Lipinski definition) is 3. The van der Waals surface area contributed by atoms with Crippen LogP contribution in [0.1, 0.15) is 6.42 Å². The lowest BCUT2D eigenvalue weighted by atomic mass is 10.1. The van der Waals surface area contributed by atoms with E-state index >= 15 is 0 Å². The molecule has 0 unspecified atom stereocenters. The van der Waals surface area contributed by atoms with Gasteiger partial charge in [0.2, 0.25) is 0 Å². The summed E-state index contributed by atoms with van der Waals surface area (Å²) in [6.45, 7) is 1.46. The van der Waals surface area contributed by atoms with E-state index in [9.17, 15) is 4.79 Å². The first-order chi connectivity index (χ1) is 6.36. The lowest BCUT2D eigenvalue weighted by Crippen LogP contribution is -2.26. The molecular weight excluding hydrogens is 166 g/mol. The van der Waals surface area contributed by atoms with Crippen molar-refractivity contribution >= 4 is 5.78 Å². The largest absolute Gasteiger partial charge is 0.499 e. The Morgan fingerprint density at radius 2 is 2.38 bits per heavy atom. The predicted octanol–water partition coefficient (Wildman–Crippen LogP) is 1.20. The number of ketones is 1. The van der Waals surface area contributed by atoms with Crippen LogP contribution >= 0.6 is 0 Å². The number of rotatable bonds is 0. The lowest BCUT2D eigenvalue weighted by Gasteiger charge is -2.26. The first-order valence-electron chi connectivity index (χ1n) is 4.31. The van der Waals surface area contributed by atoms with E-state index in [0.29, 0.717) is 13.0 Å². The second-order valence-corrected chi connectivity index (χ2v) is 3.01. The number of allylic oxidation sites excluding steroid dienone is 4. The Morgan fingerprint density at radius 1 is 1.46 bits per heavy atom. The van der Waals surface area contributed by atoms with Gasteiger partial charge in [-0.05, 0) is 18.2 Å². The first-order valence-corrected chi connectivity index (χ1v) is 4.31. The molecule has 0 atom stereocenters. The molecule has 68 valence electrons. The maximum atomic E-state index is 11.1. The second-order valence-electron chi connectivity index (χ2n) is 3.01. The standard InChI is InChI=1S/C10H11NO2/c12-10-3-4-11-5-7-13-6-1-2-9(11)8-10/h1-4,6H,5,7-8H2/b6-1+,9-2?. The highest BCUT2D eigenvalue weighted by molar-refractivity contribution is 5.92. The van der Waals surface area contributed by atoms with Gasteiger partial charge in [0.05, 0.1) is 19.2 Å². The molecule has 3 heteroatoms. The molecule has 2 heterocycles. The zero-order valence-electron chi connectivity index (χ0n) is 7.27. The van der Waals surface area contributed by atoms with Gasteiger partial charge in [0.15, 0.2) is 5.78 Å². The molecule has 0 saturated heterocycles. The van der Waals surface area contributed by atoms with Gasteiger partial charge < -0.3 is 9.64 Å². The van der Waals surface area contributed by atoms with Crippen LogP contribution in [0.5, 0.6) is 0 Å². The average molecular weight is 177 g/mol. The van der Waals surface area contributed by atoms with Crippen molar-refractivity contribution in [2.24, 2.45) is 0 Å². The topological polar surface area (TPSA) is 29.5 Å². The fraction of sp³-hybridized carbons (Fsp3) is 0.300. The monoisotopic (exact) mass is 177 g/mol. The Kier molecular flexibility index (Phi) is 2.17. The number of fused-ring (bicyclic) bond motifs is 1. The molecule has 0 aromatic rings. The minimum absolute atomic E-state index is 0.164. The average Bonchev–Trinajstić information content (AvgIpc) is 2.08. The van der Waals surface area contributed by atoms with E-state index in [1.165, 1.54) is 0 Å². The van der Waals surface area contributed by atoms with Gasteiger partial charge in [-0.3, -0.25) is 4.79 Å². The Hall–Kier alpha value is -1.51. The fourth-order valence-corrected chi connectivity index (χ4v) is 1.41. The van der Waals surface area contributed by atoms with E-state index in [1.807, 2.05) is 23.3 Å². The molecule has 0 aromatic carbocycles. The maximum absolute atomic E-state index is 11.1. The highest BCUT2D eigenvalue weighted by Gasteiger charge is 2.15. The van der Waals surface area contributed by atoms with Gasteiger partial charge in [0, 0.05) is 11.9 Å². The molecule has 0 bridgehead atoms. The van der Waals surface area contributed by atoms with Crippen LogP contribution in [-0.4, -0.2) is 23.8 Å². The normalized spacial score (nSPS) is 23.8. The molecule has 0 fully saturated rings. The quantitative estimate of drug-likeness (QED) is 0.557. The van der Waals surface area contributed by atoms with Gasteiger partial charge in [-0.25, -0.2) is 0 Å². The van der Waals surface area contributed by atoms with Crippen molar-refractivity contribution in [3.8, 4) is 0 Å². The maximum Gasteiger partial charge on any atom is 0.163 e. The molecule has 2 rings (SSSR count). The summed E-state index contributed by atoms with van der Waals surface area (Å²) in [5, 5.41) is 0. The SMILES string of the molecule is O=C1C=CN2CCO/C=C/C=C2C1. The number of carbonyl (C=O) groups is 1. The summed E-state index contributed by atoms with van der Waals surface area (Å²) in [5.41, 5.74) is 1.05. The van der Waals surface area contributed by atoms with Crippen LogP contribution in [0.15, 0.2) is 36.4 Å². The first kappa shape index (κ1) is 8.10. The molecule has 0 N–H and O–H groups in total. The van der Waals surface area contributed by atoms with Crippen molar-refractivity contribution in [2.45, 2.75) is 6.42 Å². The van der Waals surface area contributed by atoms with Crippen LogP contribution in [0.4, 0.5) is 0 Å². The van der Waals surface area contributed by atoms with E-state index in [0.717, 1.165) is 12.2 Å². The van der Waals surface area contributed by atoms with Crippen LogP contribution in [0.3, 0.4) is 0 Å². The van der Waals surface area contributed by atoms with Crippen LogP contribution in [-0.2, 0) is 9.53 Å². The third-order valence-corrected chi connectivity index (χ3v) is 2.08. The summed E-state index contributed by atoms with van der Waals surface area (Å²) in [5.74, 6) is 0.164. The Bertz CT molecular complexity index is 302. The minimum Gasteiger partial charge on any atom is -0.499 e. The Balaban J connectivity index is 2.25. The molecule has 2 aliphatic heterocycles. The summed E-state index contributed by atoms with van der Waals surface area (Å²) in [6.07, 6.45) is 9.34. The van der Waals surface area contributed by atoms with Crippen molar-refractivity contribution in [2.75, 3.05) is 13.2 Å². The molecule has 0 spiro atoms. The predicted molar refractivity (Wildman–Crippen MR) is 48.6 cm³/mol. The van der Waals surface area contributed by atoms with E-state index in [4.69, 9.17) is 4.74 Å². The van der Waals surface area contributed by atoms with Gasteiger partial charge in [0.1, 0.15) is 6.61 Å². The van der Waals surface area contributed by atoms with E-state index in [1.54, 1.807) is 12.3 Å². The molecule has 0 aromatic heterocycles. The minimum atomic E-state index is 0.164. The third kappa shape index (κ3) is 1.80. The van der Waals surface area contributed by atoms with Crippen molar-refractivity contribution in [3.05, 3.63) is 36.4 Å². The smallest absolute Gasteiger partial charge is 0.163 e. The highest BCUT2D eigenvalue weighted by atomic mass is 16.5. The Labute approximate surface area is 77.0 Å². The number of carbonyl (C=O) groups excluding carboxylic acids is 1. The van der Waals surface area contributed by atoms with Crippen LogP contribution in [0.2, 0.25) is 0 Å². The van der Waals surface area contributed by atoms with Crippen molar-refractivity contribution in [1.29, 1.82) is 0 Å². The summed E-state index contributed by atoms with van der Waals surface area (Å²) in [4.78, 5) is 13.2. The molecule has 0 aliphatic carbocycles. The number of hydrogen-bond donors (Lipinski definition) is 0. The van der Waals surface area contributed by atoms with Gasteiger partial charge in [-0.1, -0.05) is 0 Å². The molecular formula is C10H11NO2. The summed E-state index contributed by atoms with van der Waals surface area (Å²) < 4.78 is 5.16. The van der Waals surface area contributed by atoms with Gasteiger partial charge in [-0.15, -0.1) is 0 Å². The van der Waals surface area contributed by atoms with Crippen molar-refractivity contribution in [3.63, 3.8) is 0 Å².